The predicted molar refractivity (Wildman–Crippen MR) is 145 cm³/mol. The Morgan fingerprint density at radius 2 is 1.95 bits per heavy atom. The zero-order chi connectivity index (χ0) is 26.2. The summed E-state index contributed by atoms with van der Waals surface area (Å²) in [6, 6.07) is 14.2. The van der Waals surface area contributed by atoms with Crippen LogP contribution in [0.4, 0.5) is 16.2 Å². The summed E-state index contributed by atoms with van der Waals surface area (Å²) in [5.74, 6) is 0.787. The highest BCUT2D eigenvalue weighted by molar-refractivity contribution is 6.01. The molecule has 3 aromatic rings. The number of benzene rings is 2. The van der Waals surface area contributed by atoms with E-state index in [1.165, 1.54) is 6.42 Å². The Kier molecular flexibility index (Phi) is 7.05. The molecule has 1 aliphatic carbocycles. The van der Waals surface area contributed by atoms with Gasteiger partial charge in [-0.2, -0.15) is 0 Å². The van der Waals surface area contributed by atoms with Crippen LogP contribution in [0.3, 0.4) is 0 Å². The van der Waals surface area contributed by atoms with E-state index in [4.69, 9.17) is 24.7 Å². The molecule has 3 N–H and O–H groups in total. The van der Waals surface area contributed by atoms with Gasteiger partial charge in [0.05, 0.1) is 23.5 Å². The summed E-state index contributed by atoms with van der Waals surface area (Å²) in [7, 11) is 0. The Balaban J connectivity index is 1.39. The third kappa shape index (κ3) is 5.40. The van der Waals surface area contributed by atoms with E-state index in [1.807, 2.05) is 64.1 Å². The number of carbonyl (C=O) groups is 1. The van der Waals surface area contributed by atoms with Crippen molar-refractivity contribution in [2.24, 2.45) is 5.41 Å². The first-order valence-electron chi connectivity index (χ1n) is 13.0. The second kappa shape index (κ2) is 10.3. The van der Waals surface area contributed by atoms with Crippen LogP contribution in [0.5, 0.6) is 5.75 Å². The second-order valence-electron chi connectivity index (χ2n) is 11.1. The molecule has 0 spiro atoms. The second-order valence-corrected chi connectivity index (χ2v) is 11.1. The van der Waals surface area contributed by atoms with Gasteiger partial charge in [-0.3, -0.25) is 5.32 Å². The first-order valence-corrected chi connectivity index (χ1v) is 13.0. The molecule has 2 atom stereocenters. The number of rotatable bonds is 7. The molecule has 0 bridgehead atoms. The molecular weight excluding hydrogens is 470 g/mol. The number of hydrogen-bond donors (Lipinski definition) is 2. The lowest BCUT2D eigenvalue weighted by molar-refractivity contribution is 0.0320. The van der Waals surface area contributed by atoms with Gasteiger partial charge in [0.1, 0.15) is 31.4 Å². The Morgan fingerprint density at radius 3 is 2.57 bits per heavy atom. The Morgan fingerprint density at radius 1 is 1.19 bits per heavy atom. The quantitative estimate of drug-likeness (QED) is 0.387. The van der Waals surface area contributed by atoms with E-state index in [0.717, 1.165) is 46.4 Å². The summed E-state index contributed by atoms with van der Waals surface area (Å²) < 4.78 is 24.7. The monoisotopic (exact) mass is 507 g/mol. The van der Waals surface area contributed by atoms with Crippen molar-refractivity contribution in [1.82, 2.24) is 4.57 Å². The normalized spacial score (nSPS) is 19.0. The maximum atomic E-state index is 12.4. The Hall–Kier alpha value is -3.23. The highest BCUT2D eigenvalue weighted by atomic mass is 16.7. The van der Waals surface area contributed by atoms with Gasteiger partial charge >= 0.3 is 6.09 Å². The van der Waals surface area contributed by atoms with Crippen molar-refractivity contribution >= 4 is 28.4 Å². The third-order valence-electron chi connectivity index (χ3n) is 7.49. The molecule has 2 aromatic carbocycles. The molecule has 37 heavy (non-hydrogen) atoms. The molecule has 2 unspecified atom stereocenters. The lowest BCUT2D eigenvalue weighted by atomic mass is 9.90. The summed E-state index contributed by atoms with van der Waals surface area (Å²) in [5, 5.41) is 3.85. The van der Waals surface area contributed by atoms with Crippen LogP contribution in [0.25, 0.3) is 22.2 Å². The molecule has 8 heteroatoms. The topological polar surface area (TPSA) is 97.0 Å². The van der Waals surface area contributed by atoms with Crippen LogP contribution in [0.1, 0.15) is 53.0 Å². The number of nitrogens with one attached hydrogen (secondary N) is 1. The smallest absolute Gasteiger partial charge is 0.411 e. The summed E-state index contributed by atoms with van der Waals surface area (Å²) in [6.07, 6.45) is 2.73. The molecule has 1 aromatic heterocycles. The highest BCUT2D eigenvalue weighted by Crippen LogP contribution is 2.45. The molecule has 1 saturated heterocycles. The van der Waals surface area contributed by atoms with Crippen LogP contribution in [0.2, 0.25) is 0 Å². The van der Waals surface area contributed by atoms with E-state index in [2.05, 4.69) is 16.0 Å². The van der Waals surface area contributed by atoms with Crippen molar-refractivity contribution in [2.45, 2.75) is 65.2 Å². The molecule has 198 valence electrons. The van der Waals surface area contributed by atoms with Gasteiger partial charge in [-0.05, 0) is 55.9 Å². The Labute approximate surface area is 218 Å². The van der Waals surface area contributed by atoms with Crippen molar-refractivity contribution in [3.8, 4) is 17.0 Å². The van der Waals surface area contributed by atoms with Gasteiger partial charge in [-0.15, -0.1) is 0 Å². The van der Waals surface area contributed by atoms with Crippen LogP contribution in [-0.2, 0) is 14.2 Å². The van der Waals surface area contributed by atoms with Gasteiger partial charge < -0.3 is 29.2 Å². The number of nitrogens with zero attached hydrogens (tertiary/aromatic N) is 1. The van der Waals surface area contributed by atoms with Crippen LogP contribution in [-0.4, -0.2) is 42.9 Å². The van der Waals surface area contributed by atoms with E-state index in [0.29, 0.717) is 31.7 Å². The fourth-order valence-electron chi connectivity index (χ4n) is 4.58. The van der Waals surface area contributed by atoms with Gasteiger partial charge in [0.2, 0.25) is 0 Å². The van der Waals surface area contributed by atoms with Gasteiger partial charge in [-0.25, -0.2) is 4.79 Å². The highest BCUT2D eigenvalue weighted by Gasteiger charge is 2.28. The van der Waals surface area contributed by atoms with Crippen LogP contribution in [0.15, 0.2) is 42.5 Å². The average Bonchev–Trinajstić information content (AvgIpc) is 3.43. The summed E-state index contributed by atoms with van der Waals surface area (Å²) in [5.41, 5.74) is 11.1. The van der Waals surface area contributed by atoms with Crippen LogP contribution in [0, 0.1) is 5.41 Å². The molecule has 8 nitrogen and oxygen atoms in total. The molecule has 2 heterocycles. The lowest BCUT2D eigenvalue weighted by Gasteiger charge is -2.30. The number of hydrogen-bond acceptors (Lipinski definition) is 6. The summed E-state index contributed by atoms with van der Waals surface area (Å²) >= 11 is 0. The van der Waals surface area contributed by atoms with E-state index in [-0.39, 0.29) is 17.6 Å². The van der Waals surface area contributed by atoms with E-state index < -0.39 is 6.09 Å². The number of fused-ring (bicyclic) bond motifs is 1. The third-order valence-corrected chi connectivity index (χ3v) is 7.49. The minimum absolute atomic E-state index is 0.0455. The number of nitrogen functional groups attached to an aromatic ring is 1. The minimum atomic E-state index is -0.458. The van der Waals surface area contributed by atoms with Crippen LogP contribution < -0.4 is 15.8 Å². The lowest BCUT2D eigenvalue weighted by Crippen LogP contribution is -2.30. The molecule has 2 fully saturated rings. The average molecular weight is 508 g/mol. The minimum Gasteiger partial charge on any atom is -0.491 e. The van der Waals surface area contributed by atoms with E-state index in [1.54, 1.807) is 0 Å². The Bertz CT molecular complexity index is 1250. The number of aromatic nitrogens is 1. The van der Waals surface area contributed by atoms with Crippen molar-refractivity contribution in [2.75, 3.05) is 31.1 Å². The maximum absolute atomic E-state index is 12.4. The summed E-state index contributed by atoms with van der Waals surface area (Å²) in [6.45, 7) is 9.35. The predicted octanol–water partition coefficient (Wildman–Crippen LogP) is 6.35. The standard InChI is InChI=1S/C29H37N3O5/c1-18(29(2,3)4)37-28(33)31-20-10-8-19(9-11-20)27-26(30)24-13-12-22(35-16-23-15-34-17-36-23)14-25(24)32(27)21-6-5-7-21/h8-14,18,21,23H,5-7,15-17,30H2,1-4H3,(H,31,33). The van der Waals surface area contributed by atoms with Crippen molar-refractivity contribution < 1.29 is 23.7 Å². The van der Waals surface area contributed by atoms with E-state index >= 15 is 0 Å². The fraction of sp³-hybridized carbons (Fsp3) is 0.483. The van der Waals surface area contributed by atoms with Crippen molar-refractivity contribution in [3.05, 3.63) is 42.5 Å². The first-order chi connectivity index (χ1) is 17.7. The molecule has 1 aliphatic heterocycles. The van der Waals surface area contributed by atoms with Crippen molar-refractivity contribution in [1.29, 1.82) is 0 Å². The molecule has 2 aliphatic rings. The van der Waals surface area contributed by atoms with Crippen LogP contribution >= 0.6 is 0 Å². The molecule has 5 rings (SSSR count). The summed E-state index contributed by atoms with van der Waals surface area (Å²) in [4.78, 5) is 12.4. The van der Waals surface area contributed by atoms with Crippen molar-refractivity contribution in [3.63, 3.8) is 0 Å². The van der Waals surface area contributed by atoms with Gasteiger partial charge in [0.25, 0.3) is 0 Å². The number of ether oxygens (including phenoxy) is 4. The van der Waals surface area contributed by atoms with E-state index in [9.17, 15) is 4.79 Å². The number of anilines is 2. The first kappa shape index (κ1) is 25.4. The number of carbonyl (C=O) groups excluding carboxylic acids is 1. The largest absolute Gasteiger partial charge is 0.491 e. The zero-order valence-corrected chi connectivity index (χ0v) is 22.1. The molecular formula is C29H37N3O5. The maximum Gasteiger partial charge on any atom is 0.411 e. The van der Waals surface area contributed by atoms with Gasteiger partial charge in [0.15, 0.2) is 0 Å². The SMILES string of the molecule is CC(OC(=O)Nc1ccc(-c2c(N)c3ccc(OCC4COCO4)cc3n2C2CCC2)cc1)C(C)(C)C. The zero-order valence-electron chi connectivity index (χ0n) is 22.1. The molecule has 0 radical (unpaired) electrons. The molecule has 1 amide bonds. The van der Waals surface area contributed by atoms with Gasteiger partial charge in [0, 0.05) is 28.7 Å². The number of nitrogens with two attached hydrogens (primary N) is 1. The molecule has 1 saturated carbocycles. The van der Waals surface area contributed by atoms with Gasteiger partial charge in [-0.1, -0.05) is 32.9 Å². The fourth-order valence-corrected chi connectivity index (χ4v) is 4.58. The number of amides is 1.